The van der Waals surface area contributed by atoms with Crippen LogP contribution in [-0.2, 0) is 6.42 Å². The predicted octanol–water partition coefficient (Wildman–Crippen LogP) is 3.73. The summed E-state index contributed by atoms with van der Waals surface area (Å²) < 4.78 is 5.75. The summed E-state index contributed by atoms with van der Waals surface area (Å²) in [6.07, 6.45) is 4.24. The van der Waals surface area contributed by atoms with E-state index in [1.54, 1.807) is 12.4 Å². The van der Waals surface area contributed by atoms with Gasteiger partial charge in [-0.25, -0.2) is 0 Å². The van der Waals surface area contributed by atoms with Gasteiger partial charge in [0.1, 0.15) is 11.5 Å². The van der Waals surface area contributed by atoms with Gasteiger partial charge in [-0.1, -0.05) is 17.7 Å². The Kier molecular flexibility index (Phi) is 4.40. The van der Waals surface area contributed by atoms with Crippen molar-refractivity contribution in [1.82, 2.24) is 4.98 Å². The molecule has 3 nitrogen and oxygen atoms in total. The molecular weight excluding hydrogens is 260 g/mol. The molecule has 0 radical (unpaired) electrons. The number of ether oxygens (including phenoxy) is 1. The van der Waals surface area contributed by atoms with Crippen molar-refractivity contribution in [2.24, 2.45) is 5.73 Å². The summed E-state index contributed by atoms with van der Waals surface area (Å²) in [5, 5.41) is 0.595. The van der Waals surface area contributed by atoms with Gasteiger partial charge in [-0.15, -0.1) is 0 Å². The zero-order valence-corrected chi connectivity index (χ0v) is 11.8. The molecule has 2 aromatic rings. The van der Waals surface area contributed by atoms with Crippen LogP contribution in [0.2, 0.25) is 5.02 Å². The first kappa shape index (κ1) is 13.8. The Morgan fingerprint density at radius 2 is 2.11 bits per heavy atom. The summed E-state index contributed by atoms with van der Waals surface area (Å²) in [6.45, 7) is 3.95. The second kappa shape index (κ2) is 6.04. The van der Waals surface area contributed by atoms with E-state index in [4.69, 9.17) is 22.1 Å². The average molecular weight is 277 g/mol. The van der Waals surface area contributed by atoms with E-state index in [-0.39, 0.29) is 6.04 Å². The van der Waals surface area contributed by atoms with Crippen molar-refractivity contribution in [1.29, 1.82) is 0 Å². The predicted molar refractivity (Wildman–Crippen MR) is 77.9 cm³/mol. The SMILES string of the molecule is Cc1ccc(Oc2cncc(CC(C)N)c2)c(Cl)c1. The minimum Gasteiger partial charge on any atom is -0.454 e. The van der Waals surface area contributed by atoms with Gasteiger partial charge in [-0.2, -0.15) is 0 Å². The van der Waals surface area contributed by atoms with Gasteiger partial charge in [0, 0.05) is 12.2 Å². The van der Waals surface area contributed by atoms with Crippen LogP contribution in [0.15, 0.2) is 36.7 Å². The van der Waals surface area contributed by atoms with Crippen LogP contribution >= 0.6 is 11.6 Å². The van der Waals surface area contributed by atoms with E-state index in [1.807, 2.05) is 38.1 Å². The summed E-state index contributed by atoms with van der Waals surface area (Å²) in [6, 6.07) is 7.72. The van der Waals surface area contributed by atoms with Crippen molar-refractivity contribution >= 4 is 11.6 Å². The molecule has 19 heavy (non-hydrogen) atoms. The van der Waals surface area contributed by atoms with E-state index in [1.165, 1.54) is 0 Å². The normalized spacial score (nSPS) is 12.2. The molecule has 0 amide bonds. The van der Waals surface area contributed by atoms with Gasteiger partial charge in [0.25, 0.3) is 0 Å². The van der Waals surface area contributed by atoms with Crippen LogP contribution in [0, 0.1) is 6.92 Å². The van der Waals surface area contributed by atoms with Crippen LogP contribution in [0.4, 0.5) is 0 Å². The van der Waals surface area contributed by atoms with Crippen molar-refractivity contribution in [3.05, 3.63) is 52.8 Å². The first-order valence-electron chi connectivity index (χ1n) is 6.18. The molecule has 0 bridgehead atoms. The van der Waals surface area contributed by atoms with E-state index in [0.717, 1.165) is 17.5 Å². The number of hydrogen-bond donors (Lipinski definition) is 1. The van der Waals surface area contributed by atoms with Gasteiger partial charge in [0.15, 0.2) is 0 Å². The van der Waals surface area contributed by atoms with Crippen molar-refractivity contribution < 1.29 is 4.74 Å². The monoisotopic (exact) mass is 276 g/mol. The number of aryl methyl sites for hydroxylation is 1. The number of aromatic nitrogens is 1. The third-order valence-electron chi connectivity index (χ3n) is 2.64. The Labute approximate surface area is 118 Å². The second-order valence-corrected chi connectivity index (χ2v) is 5.15. The van der Waals surface area contributed by atoms with E-state index >= 15 is 0 Å². The first-order chi connectivity index (χ1) is 9.04. The van der Waals surface area contributed by atoms with E-state index in [9.17, 15) is 0 Å². The maximum absolute atomic E-state index is 6.14. The van der Waals surface area contributed by atoms with Crippen LogP contribution in [-0.4, -0.2) is 11.0 Å². The third-order valence-corrected chi connectivity index (χ3v) is 2.94. The molecule has 1 unspecified atom stereocenters. The highest BCUT2D eigenvalue weighted by Gasteiger charge is 2.05. The average Bonchev–Trinajstić information content (AvgIpc) is 2.32. The van der Waals surface area contributed by atoms with Crippen LogP contribution in [0.1, 0.15) is 18.1 Å². The largest absolute Gasteiger partial charge is 0.454 e. The Balaban J connectivity index is 2.18. The minimum atomic E-state index is 0.0972. The summed E-state index contributed by atoms with van der Waals surface area (Å²) in [5.74, 6) is 1.30. The molecule has 0 saturated carbocycles. The molecule has 4 heteroatoms. The third kappa shape index (κ3) is 3.94. The van der Waals surface area contributed by atoms with Crippen LogP contribution in [0.5, 0.6) is 11.5 Å². The molecule has 0 aliphatic carbocycles. The van der Waals surface area contributed by atoms with Gasteiger partial charge in [0.05, 0.1) is 11.2 Å². The maximum atomic E-state index is 6.14. The Morgan fingerprint density at radius 3 is 2.79 bits per heavy atom. The Hall–Kier alpha value is -1.58. The first-order valence-corrected chi connectivity index (χ1v) is 6.56. The standard InChI is InChI=1S/C15H17ClN2O/c1-10-3-4-15(14(16)5-10)19-13-7-12(6-11(2)17)8-18-9-13/h3-5,7-9,11H,6,17H2,1-2H3. The highest BCUT2D eigenvalue weighted by atomic mass is 35.5. The number of rotatable bonds is 4. The summed E-state index contributed by atoms with van der Waals surface area (Å²) in [7, 11) is 0. The highest BCUT2D eigenvalue weighted by molar-refractivity contribution is 6.32. The molecule has 0 spiro atoms. The van der Waals surface area contributed by atoms with E-state index in [2.05, 4.69) is 4.98 Å². The number of hydrogen-bond acceptors (Lipinski definition) is 3. The molecular formula is C15H17ClN2O. The zero-order chi connectivity index (χ0) is 13.8. The molecule has 0 aliphatic heterocycles. The molecule has 1 aromatic carbocycles. The molecule has 0 fully saturated rings. The van der Waals surface area contributed by atoms with E-state index < -0.39 is 0 Å². The fraction of sp³-hybridized carbons (Fsp3) is 0.267. The summed E-state index contributed by atoms with van der Waals surface area (Å²) in [5.41, 5.74) is 7.93. The van der Waals surface area contributed by atoms with Gasteiger partial charge >= 0.3 is 0 Å². The molecule has 2 rings (SSSR count). The summed E-state index contributed by atoms with van der Waals surface area (Å²) >= 11 is 6.14. The van der Waals surface area contributed by atoms with E-state index in [0.29, 0.717) is 16.5 Å². The van der Waals surface area contributed by atoms with Crippen LogP contribution in [0.25, 0.3) is 0 Å². The fourth-order valence-electron chi connectivity index (χ4n) is 1.82. The molecule has 1 atom stereocenters. The number of pyridine rings is 1. The molecule has 100 valence electrons. The van der Waals surface area contributed by atoms with Gasteiger partial charge in [0.2, 0.25) is 0 Å². The lowest BCUT2D eigenvalue weighted by Crippen LogP contribution is -2.17. The highest BCUT2D eigenvalue weighted by Crippen LogP contribution is 2.30. The van der Waals surface area contributed by atoms with Gasteiger partial charge in [-0.05, 0) is 49.6 Å². The van der Waals surface area contributed by atoms with Crippen molar-refractivity contribution in [2.75, 3.05) is 0 Å². The number of nitrogens with zero attached hydrogens (tertiary/aromatic N) is 1. The van der Waals surface area contributed by atoms with Crippen molar-refractivity contribution in [2.45, 2.75) is 26.3 Å². The van der Waals surface area contributed by atoms with Gasteiger partial charge in [-0.3, -0.25) is 4.98 Å². The van der Waals surface area contributed by atoms with Crippen molar-refractivity contribution in [3.8, 4) is 11.5 Å². The zero-order valence-electron chi connectivity index (χ0n) is 11.1. The Bertz CT molecular complexity index is 570. The second-order valence-electron chi connectivity index (χ2n) is 4.75. The topological polar surface area (TPSA) is 48.1 Å². The number of halogens is 1. The van der Waals surface area contributed by atoms with Crippen LogP contribution in [0.3, 0.4) is 0 Å². The Morgan fingerprint density at radius 1 is 1.32 bits per heavy atom. The number of benzene rings is 1. The maximum Gasteiger partial charge on any atom is 0.146 e. The van der Waals surface area contributed by atoms with Crippen LogP contribution < -0.4 is 10.5 Å². The summed E-state index contributed by atoms with van der Waals surface area (Å²) in [4.78, 5) is 4.16. The van der Waals surface area contributed by atoms with Crippen molar-refractivity contribution in [3.63, 3.8) is 0 Å². The quantitative estimate of drug-likeness (QED) is 0.926. The molecule has 0 aliphatic rings. The lowest BCUT2D eigenvalue weighted by atomic mass is 10.1. The minimum absolute atomic E-state index is 0.0972. The van der Waals surface area contributed by atoms with Gasteiger partial charge < -0.3 is 10.5 Å². The fourth-order valence-corrected chi connectivity index (χ4v) is 2.09. The molecule has 0 saturated heterocycles. The molecule has 1 heterocycles. The molecule has 1 aromatic heterocycles. The lowest BCUT2D eigenvalue weighted by molar-refractivity contribution is 0.479. The smallest absolute Gasteiger partial charge is 0.146 e. The lowest BCUT2D eigenvalue weighted by Gasteiger charge is -2.10. The number of nitrogens with two attached hydrogens (primary N) is 1. The molecule has 2 N–H and O–H groups in total.